The largest absolute Gasteiger partial charge is 0.435 e. The van der Waals surface area contributed by atoms with Crippen LogP contribution in [-0.4, -0.2) is 9.78 Å². The number of alkyl halides is 4. The van der Waals surface area contributed by atoms with Gasteiger partial charge in [0.1, 0.15) is 0 Å². The minimum atomic E-state index is -4.42. The first-order chi connectivity index (χ1) is 9.41. The standard InChI is InChI=1S/C12H10ClF3N2.C2H6.CH4/c1-8-6-11(12(14,15)16)17-18(8)10-4-2-9(7-13)3-5-10;1-2;/h2-6H,7H2,1H3;1-2H3;1H4. The third-order valence-electron chi connectivity index (χ3n) is 2.51. The summed E-state index contributed by atoms with van der Waals surface area (Å²) in [6.45, 7) is 5.58. The van der Waals surface area contributed by atoms with Crippen LogP contribution in [0.5, 0.6) is 0 Å². The number of benzene rings is 1. The minimum Gasteiger partial charge on any atom is -0.238 e. The number of hydrogen-bond donors (Lipinski definition) is 0. The Morgan fingerprint density at radius 2 is 1.67 bits per heavy atom. The van der Waals surface area contributed by atoms with Gasteiger partial charge in [0.15, 0.2) is 5.69 Å². The summed E-state index contributed by atoms with van der Waals surface area (Å²) < 4.78 is 38.8. The number of aromatic nitrogens is 2. The molecule has 0 radical (unpaired) electrons. The van der Waals surface area contributed by atoms with Crippen molar-refractivity contribution in [2.75, 3.05) is 0 Å². The monoisotopic (exact) mass is 320 g/mol. The van der Waals surface area contributed by atoms with Crippen LogP contribution in [0.1, 0.15) is 38.2 Å². The van der Waals surface area contributed by atoms with E-state index in [9.17, 15) is 13.2 Å². The summed E-state index contributed by atoms with van der Waals surface area (Å²) in [7, 11) is 0. The van der Waals surface area contributed by atoms with Crippen LogP contribution in [0.25, 0.3) is 5.69 Å². The second-order valence-corrected chi connectivity index (χ2v) is 4.15. The molecule has 2 nitrogen and oxygen atoms in total. The van der Waals surface area contributed by atoms with Gasteiger partial charge in [0.05, 0.1) is 5.69 Å². The molecule has 2 rings (SSSR count). The fourth-order valence-corrected chi connectivity index (χ4v) is 1.78. The first-order valence-electron chi connectivity index (χ1n) is 6.21. The maximum Gasteiger partial charge on any atom is 0.435 e. The van der Waals surface area contributed by atoms with Crippen LogP contribution in [0.15, 0.2) is 30.3 Å². The van der Waals surface area contributed by atoms with Gasteiger partial charge in [0.25, 0.3) is 0 Å². The molecule has 0 aliphatic heterocycles. The zero-order valence-corrected chi connectivity index (χ0v) is 12.3. The van der Waals surface area contributed by atoms with E-state index in [0.29, 0.717) is 17.3 Å². The Kier molecular flexibility index (Phi) is 7.50. The van der Waals surface area contributed by atoms with Gasteiger partial charge in [-0.1, -0.05) is 33.4 Å². The summed E-state index contributed by atoms with van der Waals surface area (Å²) in [5.41, 5.74) is 1.03. The van der Waals surface area contributed by atoms with Crippen molar-refractivity contribution in [2.24, 2.45) is 0 Å². The number of halogens is 4. The summed E-state index contributed by atoms with van der Waals surface area (Å²) in [6, 6.07) is 7.93. The summed E-state index contributed by atoms with van der Waals surface area (Å²) in [4.78, 5) is 0. The van der Waals surface area contributed by atoms with E-state index in [4.69, 9.17) is 11.6 Å². The number of aryl methyl sites for hydroxylation is 1. The third-order valence-corrected chi connectivity index (χ3v) is 2.82. The molecule has 0 fully saturated rings. The fraction of sp³-hybridized carbons (Fsp3) is 0.400. The highest BCUT2D eigenvalue weighted by molar-refractivity contribution is 6.17. The van der Waals surface area contributed by atoms with Crippen LogP contribution in [0, 0.1) is 6.92 Å². The van der Waals surface area contributed by atoms with Crippen molar-refractivity contribution in [3.8, 4) is 5.69 Å². The average molecular weight is 321 g/mol. The normalized spacial score (nSPS) is 10.4. The molecule has 0 unspecified atom stereocenters. The summed E-state index contributed by atoms with van der Waals surface area (Å²) in [5, 5.41) is 3.57. The quantitative estimate of drug-likeness (QED) is 0.658. The van der Waals surface area contributed by atoms with E-state index in [1.165, 1.54) is 4.68 Å². The SMILES string of the molecule is C.CC.Cc1cc(C(F)(F)F)nn1-c1ccc(CCl)cc1. The Labute approximate surface area is 128 Å². The average Bonchev–Trinajstić information content (AvgIpc) is 2.83. The molecule has 1 aromatic heterocycles. The molecule has 0 saturated carbocycles. The maximum atomic E-state index is 12.5. The van der Waals surface area contributed by atoms with Crippen LogP contribution < -0.4 is 0 Å². The van der Waals surface area contributed by atoms with Crippen molar-refractivity contribution in [3.05, 3.63) is 47.3 Å². The molecule has 0 aliphatic rings. The molecule has 6 heteroatoms. The molecule has 0 saturated heterocycles. The van der Waals surface area contributed by atoms with E-state index in [2.05, 4.69) is 5.10 Å². The second kappa shape index (κ2) is 8.08. The summed E-state index contributed by atoms with van der Waals surface area (Å²) in [5.74, 6) is 0.367. The predicted molar refractivity (Wildman–Crippen MR) is 80.9 cm³/mol. The van der Waals surface area contributed by atoms with Crippen LogP contribution >= 0.6 is 11.6 Å². The number of hydrogen-bond acceptors (Lipinski definition) is 1. The highest BCUT2D eigenvalue weighted by Crippen LogP contribution is 2.29. The second-order valence-electron chi connectivity index (χ2n) is 3.88. The van der Waals surface area contributed by atoms with Gasteiger partial charge in [0.2, 0.25) is 0 Å². The molecule has 2 aromatic rings. The lowest BCUT2D eigenvalue weighted by molar-refractivity contribution is -0.141. The van der Waals surface area contributed by atoms with E-state index in [1.54, 1.807) is 31.2 Å². The highest BCUT2D eigenvalue weighted by Gasteiger charge is 2.34. The zero-order chi connectivity index (χ0) is 15.3. The molecule has 1 aromatic carbocycles. The van der Waals surface area contributed by atoms with Crippen LogP contribution in [0.3, 0.4) is 0 Å². The number of nitrogens with zero attached hydrogens (tertiary/aromatic N) is 2. The van der Waals surface area contributed by atoms with E-state index in [-0.39, 0.29) is 7.43 Å². The first-order valence-corrected chi connectivity index (χ1v) is 6.74. The van der Waals surface area contributed by atoms with E-state index in [0.717, 1.165) is 11.6 Å². The topological polar surface area (TPSA) is 17.8 Å². The van der Waals surface area contributed by atoms with Crippen LogP contribution in [-0.2, 0) is 12.1 Å². The maximum absolute atomic E-state index is 12.5. The highest BCUT2D eigenvalue weighted by atomic mass is 35.5. The molecule has 21 heavy (non-hydrogen) atoms. The van der Waals surface area contributed by atoms with Gasteiger partial charge in [-0.3, -0.25) is 0 Å². The minimum absolute atomic E-state index is 0. The Balaban J connectivity index is 0.00000128. The van der Waals surface area contributed by atoms with Crippen LogP contribution in [0.2, 0.25) is 0 Å². The number of rotatable bonds is 2. The molecule has 0 N–H and O–H groups in total. The third kappa shape index (κ3) is 4.77. The molecule has 0 amide bonds. The van der Waals surface area contributed by atoms with Gasteiger partial charge in [-0.2, -0.15) is 18.3 Å². The van der Waals surface area contributed by atoms with E-state index >= 15 is 0 Å². The predicted octanol–water partition coefficient (Wildman–Crippen LogP) is 5.60. The van der Waals surface area contributed by atoms with Gasteiger partial charge in [-0.25, -0.2) is 4.68 Å². The summed E-state index contributed by atoms with van der Waals surface area (Å²) >= 11 is 5.65. The van der Waals surface area contributed by atoms with Gasteiger partial charge >= 0.3 is 6.18 Å². The molecule has 0 aliphatic carbocycles. The van der Waals surface area contributed by atoms with Gasteiger partial charge in [-0.15, -0.1) is 11.6 Å². The van der Waals surface area contributed by atoms with Crippen LogP contribution in [0.4, 0.5) is 13.2 Å². The Hall–Kier alpha value is -1.49. The van der Waals surface area contributed by atoms with Gasteiger partial charge < -0.3 is 0 Å². The lowest BCUT2D eigenvalue weighted by Crippen LogP contribution is -2.07. The molecular weight excluding hydrogens is 301 g/mol. The Bertz CT molecular complexity index is 545. The molecule has 0 bridgehead atoms. The van der Waals surface area contributed by atoms with Crippen molar-refractivity contribution < 1.29 is 13.2 Å². The zero-order valence-electron chi connectivity index (χ0n) is 11.5. The van der Waals surface area contributed by atoms with Gasteiger partial charge in [-0.05, 0) is 30.7 Å². The van der Waals surface area contributed by atoms with Crippen molar-refractivity contribution in [1.82, 2.24) is 9.78 Å². The van der Waals surface area contributed by atoms with E-state index < -0.39 is 11.9 Å². The van der Waals surface area contributed by atoms with Gasteiger partial charge in [0, 0.05) is 11.6 Å². The van der Waals surface area contributed by atoms with Crippen molar-refractivity contribution in [3.63, 3.8) is 0 Å². The van der Waals surface area contributed by atoms with Crippen molar-refractivity contribution in [1.29, 1.82) is 0 Å². The molecular formula is C15H20ClF3N2. The fourth-order valence-electron chi connectivity index (χ4n) is 1.60. The molecule has 118 valence electrons. The Morgan fingerprint density at radius 3 is 2.05 bits per heavy atom. The molecule has 0 spiro atoms. The van der Waals surface area contributed by atoms with Crippen molar-refractivity contribution in [2.45, 2.75) is 40.3 Å². The lowest BCUT2D eigenvalue weighted by Gasteiger charge is -2.05. The van der Waals surface area contributed by atoms with E-state index in [1.807, 2.05) is 13.8 Å². The molecule has 0 atom stereocenters. The lowest BCUT2D eigenvalue weighted by atomic mass is 10.2. The Morgan fingerprint density at radius 1 is 1.14 bits per heavy atom. The first kappa shape index (κ1) is 19.5. The summed E-state index contributed by atoms with van der Waals surface area (Å²) in [6.07, 6.45) is -4.42. The molecule has 1 heterocycles. The smallest absolute Gasteiger partial charge is 0.238 e. The van der Waals surface area contributed by atoms with Crippen molar-refractivity contribution >= 4 is 11.6 Å².